The van der Waals surface area contributed by atoms with Crippen LogP contribution in [0.4, 0.5) is 5.69 Å². The molecule has 6 amide bonds. The summed E-state index contributed by atoms with van der Waals surface area (Å²) in [5.74, 6) is -7.94. The van der Waals surface area contributed by atoms with Crippen molar-refractivity contribution in [1.29, 1.82) is 0 Å². The Bertz CT molecular complexity index is 5630. The van der Waals surface area contributed by atoms with Crippen LogP contribution < -0.4 is 49.1 Å². The van der Waals surface area contributed by atoms with Crippen LogP contribution in [0.25, 0.3) is 0 Å². The van der Waals surface area contributed by atoms with E-state index in [4.69, 9.17) is 21.9 Å². The van der Waals surface area contributed by atoms with E-state index in [1.165, 1.54) is 73.1 Å². The van der Waals surface area contributed by atoms with E-state index in [9.17, 15) is 101 Å². The zero-order valence-corrected chi connectivity index (χ0v) is 75.5. The van der Waals surface area contributed by atoms with Gasteiger partial charge >= 0.3 is 23.9 Å². The number of hydrogen-bond donors (Lipinski definition) is 10. The molecule has 704 valence electrons. The molecular formula is C88H108N14O25S4. The van der Waals surface area contributed by atoms with Crippen molar-refractivity contribution < 1.29 is 115 Å². The minimum absolute atomic E-state index is 0.00718. The summed E-state index contributed by atoms with van der Waals surface area (Å²) >= 11 is 0. The minimum atomic E-state index is -3.94. The Hall–Kier alpha value is -12.5. The lowest BCUT2D eigenvalue weighted by Gasteiger charge is -2.25. The maximum atomic E-state index is 13.1. The number of benzene rings is 6. The molecule has 0 spiro atoms. The second kappa shape index (κ2) is 50.1. The van der Waals surface area contributed by atoms with Gasteiger partial charge in [-0.3, -0.25) is 48.1 Å². The van der Waals surface area contributed by atoms with E-state index in [-0.39, 0.29) is 128 Å². The Labute approximate surface area is 759 Å². The first-order chi connectivity index (χ1) is 62.5. The van der Waals surface area contributed by atoms with Gasteiger partial charge in [-0.2, -0.15) is 17.2 Å². The topological polar surface area (TPSA) is 582 Å². The molecule has 4 aliphatic rings. The highest BCUT2D eigenvalue weighted by atomic mass is 32.2. The summed E-state index contributed by atoms with van der Waals surface area (Å²) in [6.45, 7) is -0.105. The monoisotopic (exact) mass is 1890 g/mol. The summed E-state index contributed by atoms with van der Waals surface area (Å²) in [6, 6.07) is 41.7. The molecule has 0 unspecified atom stereocenters. The molecule has 11 rings (SSSR count). The molecule has 8 atom stereocenters. The third kappa shape index (κ3) is 29.5. The third-order valence-corrected chi connectivity index (χ3v) is 29.1. The molecule has 0 bridgehead atoms. The second-order valence-electron chi connectivity index (χ2n) is 30.4. The number of ether oxygens (including phenoxy) is 3. The van der Waals surface area contributed by atoms with E-state index < -0.39 is 154 Å². The van der Waals surface area contributed by atoms with Gasteiger partial charge in [-0.05, 0) is 167 Å². The van der Waals surface area contributed by atoms with Crippen molar-refractivity contribution in [2.45, 2.75) is 164 Å². The first-order valence-electron chi connectivity index (χ1n) is 41.8. The number of carboxylic acid groups (broad SMARTS) is 1. The molecule has 7 aromatic rings. The normalized spacial score (nSPS) is 17.3. The standard InChI is InChI=1S/C30H32N4O7S.C25H30N4O7S.C18H25N3O6S.C15H21N3O5S/c35-24(20-32-28(36)22-9-6-8-21(18-22)19-23-10-4-5-16-31-23)14-15-26(30(38)39)33-29(37)27-13-7-17-34(27)42(40,41)25-11-2-1-3-12-25;1-36-25(33)21(13-12-19(30)16-27-23(31)17-7-5-8-18(26)15-17)28-24(32)22-11-6-14-29(22)37(34,35)20-9-3-2-4-10-20;1-27-18(24)15(10-9-13(22)12-19)20-17(23)16-8-5-11-21(16)28(25,26)14-6-3-2-4-7-14;1-23-15(20)12(10-16)17-14(19)13-8-5-9-18(13)24(21,22)11-6-3-2-4-7-11/h1-6,8-12,16,18,26-27H,7,13-15,17,19-20H2,(H,32,36)(H,33,37)(H,38,39);2-5,7-10,15,21-22H,6,11-14,16,26H2,1H3,(H,27,31)(H,28,32);2-4,6-7,15-16H,5,8-12,19H2,1H3,(H,20,23);2-4,6-7,12-13H,5,8-10,16H2,1H3,(H,17,19)/t26-,27-;21-,22-;15-,16-;12-,13-/m0000/s1. The highest BCUT2D eigenvalue weighted by Gasteiger charge is 2.45. The van der Waals surface area contributed by atoms with E-state index in [1.54, 1.807) is 115 Å². The fourth-order valence-electron chi connectivity index (χ4n) is 14.5. The molecule has 131 heavy (non-hydrogen) atoms. The van der Waals surface area contributed by atoms with Gasteiger partial charge in [-0.15, -0.1) is 0 Å². The SMILES string of the molecule is COC(=O)[C@H](CCC(=O)CN)NC(=O)[C@@H]1CCCN1S(=O)(=O)c1ccccc1.COC(=O)[C@H](CCC(=O)CNC(=O)c1cccc(N)c1)NC(=O)[C@@H]1CCCN1S(=O)(=O)c1ccccc1.COC(=O)[C@H](CN)NC(=O)[C@@H]1CCCN1S(=O)(=O)c1ccccc1.O=C(CC[C@H](NC(=O)[C@@H]1CCCN1S(=O)(=O)c1ccccc1)C(=O)O)CNC(=O)c1cccc(Cc2ccccn2)c1. The van der Waals surface area contributed by atoms with Crippen molar-refractivity contribution in [2.75, 3.05) is 79.4 Å². The van der Waals surface area contributed by atoms with Gasteiger partial charge in [0.2, 0.25) is 63.7 Å². The molecule has 0 radical (unpaired) electrons. The zero-order valence-electron chi connectivity index (χ0n) is 72.2. The lowest BCUT2D eigenvalue weighted by Crippen LogP contribution is -2.53. The van der Waals surface area contributed by atoms with Crippen molar-refractivity contribution >= 4 is 122 Å². The van der Waals surface area contributed by atoms with Crippen molar-refractivity contribution in [1.82, 2.24) is 54.1 Å². The maximum Gasteiger partial charge on any atom is 0.329 e. The van der Waals surface area contributed by atoms with E-state index in [0.29, 0.717) is 68.2 Å². The molecule has 0 saturated carbocycles. The second-order valence-corrected chi connectivity index (χ2v) is 37.9. The van der Waals surface area contributed by atoms with Crippen LogP contribution in [0.5, 0.6) is 0 Å². The number of nitrogens with one attached hydrogen (secondary N) is 6. The predicted molar refractivity (Wildman–Crippen MR) is 475 cm³/mol. The van der Waals surface area contributed by atoms with Gasteiger partial charge in [0, 0.05) is 87.1 Å². The Kier molecular flexibility index (Phi) is 39.7. The molecule has 0 aliphatic carbocycles. The summed E-state index contributed by atoms with van der Waals surface area (Å²) in [4.78, 5) is 165. The number of aromatic nitrogens is 1. The van der Waals surface area contributed by atoms with E-state index in [2.05, 4.69) is 46.4 Å². The van der Waals surface area contributed by atoms with Gasteiger partial charge in [0.1, 0.15) is 54.1 Å². The first-order valence-corrected chi connectivity index (χ1v) is 47.6. The van der Waals surface area contributed by atoms with Crippen LogP contribution in [-0.2, 0) is 113 Å². The Morgan fingerprint density at radius 1 is 0.405 bits per heavy atom. The average molecular weight is 1890 g/mol. The van der Waals surface area contributed by atoms with Crippen LogP contribution in [0.2, 0.25) is 0 Å². The molecule has 6 aromatic carbocycles. The number of Topliss-reactive ketones (excluding diaryl/α,β-unsaturated/α-hetero) is 3. The average Bonchev–Trinajstić information content (AvgIpc) is 1.71. The molecule has 4 saturated heterocycles. The number of aliphatic carboxylic acids is 1. The van der Waals surface area contributed by atoms with Gasteiger partial charge in [-0.1, -0.05) is 97.1 Å². The number of nitrogen functional groups attached to an aromatic ring is 1. The Morgan fingerprint density at radius 3 is 1.05 bits per heavy atom. The largest absolute Gasteiger partial charge is 0.480 e. The summed E-state index contributed by atoms with van der Waals surface area (Å²) in [7, 11) is -11.9. The summed E-state index contributed by atoms with van der Waals surface area (Å²) in [6.07, 6.45) is 4.93. The Morgan fingerprint density at radius 2 is 0.725 bits per heavy atom. The number of pyridine rings is 1. The van der Waals surface area contributed by atoms with Gasteiger partial charge in [0.05, 0.1) is 60.5 Å². The van der Waals surface area contributed by atoms with Crippen LogP contribution in [0.15, 0.2) is 214 Å². The Balaban J connectivity index is 0.000000220. The number of hydrogen-bond acceptors (Lipinski definition) is 28. The lowest BCUT2D eigenvalue weighted by atomic mass is 10.1. The van der Waals surface area contributed by atoms with Gasteiger partial charge < -0.3 is 68.4 Å². The van der Waals surface area contributed by atoms with Crippen LogP contribution >= 0.6 is 0 Å². The number of carboxylic acids is 1. The smallest absolute Gasteiger partial charge is 0.329 e. The molecule has 13 N–H and O–H groups in total. The van der Waals surface area contributed by atoms with Crippen LogP contribution in [0.3, 0.4) is 0 Å². The summed E-state index contributed by atoms with van der Waals surface area (Å²) < 4.78 is 122. The van der Waals surface area contributed by atoms with E-state index in [1.807, 2.05) is 24.3 Å². The number of carbonyl (C=O) groups excluding carboxylic acids is 12. The molecule has 4 aliphatic heterocycles. The lowest BCUT2D eigenvalue weighted by molar-refractivity contribution is -0.146. The van der Waals surface area contributed by atoms with Crippen LogP contribution in [-0.4, -0.2) is 260 Å². The highest BCUT2D eigenvalue weighted by molar-refractivity contribution is 7.90. The van der Waals surface area contributed by atoms with Crippen molar-refractivity contribution in [3.63, 3.8) is 0 Å². The molecule has 39 nitrogen and oxygen atoms in total. The third-order valence-electron chi connectivity index (χ3n) is 21.4. The van der Waals surface area contributed by atoms with Gasteiger partial charge in [0.25, 0.3) is 11.8 Å². The number of methoxy groups -OCH3 is 3. The molecular weight excluding hydrogens is 1780 g/mol. The number of rotatable bonds is 39. The zero-order chi connectivity index (χ0) is 95.6. The number of carbonyl (C=O) groups is 13. The molecule has 43 heteroatoms. The first kappa shape index (κ1) is 104. The van der Waals surface area contributed by atoms with Crippen LogP contribution in [0.1, 0.15) is 122 Å². The van der Waals surface area contributed by atoms with Crippen molar-refractivity contribution in [3.8, 4) is 0 Å². The summed E-state index contributed by atoms with van der Waals surface area (Å²) in [5, 5.41) is 24.6. The number of amides is 6. The molecule has 5 heterocycles. The van der Waals surface area contributed by atoms with Crippen molar-refractivity contribution in [3.05, 3.63) is 217 Å². The molecule has 4 fully saturated rings. The fourth-order valence-corrected chi connectivity index (χ4v) is 21.2. The van der Waals surface area contributed by atoms with Gasteiger partial charge in [0.15, 0.2) is 11.6 Å². The van der Waals surface area contributed by atoms with E-state index >= 15 is 0 Å². The highest BCUT2D eigenvalue weighted by Crippen LogP contribution is 2.31. The number of nitrogens with two attached hydrogens (primary N) is 3. The number of sulfonamides is 4. The van der Waals surface area contributed by atoms with Gasteiger partial charge in [-0.25, -0.2) is 52.8 Å². The van der Waals surface area contributed by atoms with Crippen molar-refractivity contribution in [2.24, 2.45) is 11.5 Å². The minimum Gasteiger partial charge on any atom is -0.480 e. The number of nitrogens with zero attached hydrogens (tertiary/aromatic N) is 5. The number of esters is 3. The molecule has 1 aromatic heterocycles. The summed E-state index contributed by atoms with van der Waals surface area (Å²) in [5.41, 5.74) is 19.2. The van der Waals surface area contributed by atoms with E-state index in [0.717, 1.165) is 31.3 Å². The quantitative estimate of drug-likeness (QED) is 0.0150. The fraction of sp³-hybridized carbons (Fsp3) is 0.386. The predicted octanol–water partition coefficient (Wildman–Crippen LogP) is 2.29. The number of anilines is 1. The maximum absolute atomic E-state index is 13.1. The van der Waals surface area contributed by atoms with Crippen LogP contribution in [0, 0.1) is 0 Å². The number of ketones is 3.